The minimum absolute atomic E-state index is 0.190. The Labute approximate surface area is 113 Å². The summed E-state index contributed by atoms with van der Waals surface area (Å²) in [6, 6.07) is 2.67. The maximum atomic E-state index is 11.9. The number of nitrogens with one attached hydrogen (secondary N) is 2. The first kappa shape index (κ1) is 16.2. The second-order valence-corrected chi connectivity index (χ2v) is 4.93. The van der Waals surface area contributed by atoms with Crippen LogP contribution in [0.3, 0.4) is 0 Å². The maximum absolute atomic E-state index is 11.9. The third-order valence-electron chi connectivity index (χ3n) is 1.77. The number of nitrogens with zero attached hydrogens (tertiary/aromatic N) is 1. The average molecular weight is 309 g/mol. The molecule has 1 heterocycles. The van der Waals surface area contributed by atoms with Gasteiger partial charge in [-0.3, -0.25) is 4.72 Å². The number of rotatable bonds is 4. The van der Waals surface area contributed by atoms with Crippen molar-refractivity contribution in [3.8, 4) is 11.8 Å². The lowest BCUT2D eigenvalue weighted by Crippen LogP contribution is -2.37. The van der Waals surface area contributed by atoms with E-state index in [-0.39, 0.29) is 12.4 Å². The van der Waals surface area contributed by atoms with E-state index >= 15 is 0 Å². The van der Waals surface area contributed by atoms with Crippen molar-refractivity contribution < 1.29 is 26.7 Å². The van der Waals surface area contributed by atoms with Crippen molar-refractivity contribution in [3.63, 3.8) is 0 Å². The van der Waals surface area contributed by atoms with Gasteiger partial charge in [0.2, 0.25) is 0 Å². The lowest BCUT2D eigenvalue weighted by Gasteiger charge is -2.10. The molecule has 0 saturated heterocycles. The molecule has 0 bridgehead atoms. The molecule has 6 nitrogen and oxygen atoms in total. The van der Waals surface area contributed by atoms with E-state index in [9.17, 15) is 21.6 Å². The summed E-state index contributed by atoms with van der Waals surface area (Å²) in [6.45, 7) is -2.07. The molecular formula is C10H10F3N3O3S. The Kier molecular flexibility index (Phi) is 5.32. The lowest BCUT2D eigenvalue weighted by atomic mass is 10.2. The van der Waals surface area contributed by atoms with Crippen LogP contribution in [0.25, 0.3) is 0 Å². The van der Waals surface area contributed by atoms with Crippen LogP contribution >= 0.6 is 0 Å². The van der Waals surface area contributed by atoms with Gasteiger partial charge in [0.25, 0.3) is 0 Å². The molecule has 0 unspecified atom stereocenters. The predicted molar refractivity (Wildman–Crippen MR) is 64.8 cm³/mol. The third kappa shape index (κ3) is 6.37. The molecule has 0 amide bonds. The van der Waals surface area contributed by atoms with Gasteiger partial charge in [-0.05, 0) is 12.1 Å². The number of halogens is 3. The van der Waals surface area contributed by atoms with Crippen LogP contribution in [0.5, 0.6) is 0 Å². The number of anilines is 1. The van der Waals surface area contributed by atoms with Crippen LogP contribution < -0.4 is 9.44 Å². The number of pyridine rings is 1. The van der Waals surface area contributed by atoms with Crippen LogP contribution in [0.15, 0.2) is 18.3 Å². The second-order valence-electron chi connectivity index (χ2n) is 3.43. The first-order chi connectivity index (χ1) is 9.22. The highest BCUT2D eigenvalue weighted by molar-refractivity contribution is 7.90. The highest BCUT2D eigenvalue weighted by atomic mass is 32.2. The van der Waals surface area contributed by atoms with Crippen LogP contribution in [-0.2, 0) is 10.2 Å². The normalized spacial score (nSPS) is 11.6. The minimum Gasteiger partial charge on any atom is -0.384 e. The molecule has 0 spiro atoms. The standard InChI is InChI=1S/C10H10F3N3O3S/c11-10(12,13)7-15-20(18,19)16-9-6-8(2-1-5-17)3-4-14-9/h3-4,6,15,17H,5,7H2,(H,14,16). The molecule has 0 aliphatic heterocycles. The summed E-state index contributed by atoms with van der Waals surface area (Å²) in [7, 11) is -4.39. The Morgan fingerprint density at radius 1 is 1.40 bits per heavy atom. The van der Waals surface area contributed by atoms with Gasteiger partial charge in [0.1, 0.15) is 19.0 Å². The monoisotopic (exact) mass is 309 g/mol. The van der Waals surface area contributed by atoms with Gasteiger partial charge in [0, 0.05) is 11.8 Å². The summed E-state index contributed by atoms with van der Waals surface area (Å²) in [5.74, 6) is 4.65. The van der Waals surface area contributed by atoms with E-state index in [0.717, 1.165) is 0 Å². The van der Waals surface area contributed by atoms with E-state index in [2.05, 4.69) is 16.8 Å². The number of aromatic nitrogens is 1. The van der Waals surface area contributed by atoms with Crippen LogP contribution in [-0.4, -0.2) is 37.8 Å². The summed E-state index contributed by atoms with van der Waals surface area (Å²) >= 11 is 0. The van der Waals surface area contributed by atoms with E-state index in [4.69, 9.17) is 5.11 Å². The molecule has 0 saturated carbocycles. The van der Waals surface area contributed by atoms with Gasteiger partial charge in [-0.15, -0.1) is 0 Å². The largest absolute Gasteiger partial charge is 0.402 e. The summed E-state index contributed by atoms with van der Waals surface area (Å²) in [4.78, 5) is 3.64. The van der Waals surface area contributed by atoms with Crippen molar-refractivity contribution in [1.29, 1.82) is 0 Å². The zero-order valence-electron chi connectivity index (χ0n) is 9.90. The second kappa shape index (κ2) is 6.56. The molecule has 1 aromatic rings. The highest BCUT2D eigenvalue weighted by Gasteiger charge is 2.29. The number of hydrogen-bond donors (Lipinski definition) is 3. The number of alkyl halides is 3. The molecule has 10 heteroatoms. The van der Waals surface area contributed by atoms with Crippen molar-refractivity contribution in [2.24, 2.45) is 0 Å². The van der Waals surface area contributed by atoms with E-state index < -0.39 is 22.9 Å². The van der Waals surface area contributed by atoms with Crippen molar-refractivity contribution in [3.05, 3.63) is 23.9 Å². The zero-order chi connectivity index (χ0) is 15.2. The molecule has 1 aromatic heterocycles. The van der Waals surface area contributed by atoms with Crippen LogP contribution in [0.4, 0.5) is 19.0 Å². The fourth-order valence-electron chi connectivity index (χ4n) is 1.06. The minimum atomic E-state index is -4.66. The van der Waals surface area contributed by atoms with Crippen molar-refractivity contribution in [2.45, 2.75) is 6.18 Å². The van der Waals surface area contributed by atoms with Gasteiger partial charge < -0.3 is 5.11 Å². The highest BCUT2D eigenvalue weighted by Crippen LogP contribution is 2.13. The number of hydrogen-bond acceptors (Lipinski definition) is 4. The average Bonchev–Trinajstić information content (AvgIpc) is 2.33. The van der Waals surface area contributed by atoms with E-state index in [1.165, 1.54) is 23.1 Å². The van der Waals surface area contributed by atoms with E-state index in [1.807, 2.05) is 4.72 Å². The van der Waals surface area contributed by atoms with Crippen molar-refractivity contribution >= 4 is 16.0 Å². The fourth-order valence-corrected chi connectivity index (χ4v) is 1.87. The Morgan fingerprint density at radius 2 is 2.10 bits per heavy atom. The Hall–Kier alpha value is -1.83. The summed E-state index contributed by atoms with van der Waals surface area (Å²) in [6.07, 6.45) is -3.43. The van der Waals surface area contributed by atoms with Crippen molar-refractivity contribution in [2.75, 3.05) is 17.9 Å². The molecular weight excluding hydrogens is 299 g/mol. The Morgan fingerprint density at radius 3 is 2.70 bits per heavy atom. The summed E-state index contributed by atoms with van der Waals surface area (Å²) in [5, 5.41) is 8.51. The molecule has 110 valence electrons. The van der Waals surface area contributed by atoms with Crippen LogP contribution in [0.2, 0.25) is 0 Å². The third-order valence-corrected chi connectivity index (χ3v) is 2.78. The van der Waals surface area contributed by atoms with Crippen molar-refractivity contribution in [1.82, 2.24) is 9.71 Å². The fraction of sp³-hybridized carbons (Fsp3) is 0.300. The van der Waals surface area contributed by atoms with E-state index in [1.54, 1.807) is 0 Å². The Bertz CT molecular complexity index is 620. The molecule has 3 N–H and O–H groups in total. The molecule has 0 aliphatic carbocycles. The molecule has 0 fully saturated rings. The molecule has 0 radical (unpaired) electrons. The molecule has 1 rings (SSSR count). The van der Waals surface area contributed by atoms with Gasteiger partial charge >= 0.3 is 16.4 Å². The first-order valence-electron chi connectivity index (χ1n) is 5.12. The number of aliphatic hydroxyl groups excluding tert-OH is 1. The Balaban J connectivity index is 2.77. The number of aliphatic hydroxyl groups is 1. The molecule has 0 atom stereocenters. The van der Waals surface area contributed by atoms with Crippen LogP contribution in [0.1, 0.15) is 5.56 Å². The van der Waals surface area contributed by atoms with Crippen LogP contribution in [0, 0.1) is 11.8 Å². The van der Waals surface area contributed by atoms with Gasteiger partial charge in [0.15, 0.2) is 0 Å². The summed E-state index contributed by atoms with van der Waals surface area (Å²) in [5.41, 5.74) is 0.350. The van der Waals surface area contributed by atoms with Gasteiger partial charge in [0.05, 0.1) is 0 Å². The van der Waals surface area contributed by atoms with Gasteiger partial charge in [-0.2, -0.15) is 26.3 Å². The molecule has 0 aromatic carbocycles. The summed E-state index contributed by atoms with van der Waals surface area (Å²) < 4.78 is 61.6. The lowest BCUT2D eigenvalue weighted by molar-refractivity contribution is -0.121. The maximum Gasteiger partial charge on any atom is 0.402 e. The molecule has 20 heavy (non-hydrogen) atoms. The molecule has 0 aliphatic rings. The topological polar surface area (TPSA) is 91.3 Å². The van der Waals surface area contributed by atoms with E-state index in [0.29, 0.717) is 5.56 Å². The van der Waals surface area contributed by atoms with Gasteiger partial charge in [-0.1, -0.05) is 11.8 Å². The zero-order valence-corrected chi connectivity index (χ0v) is 10.7. The SMILES string of the molecule is O=S(=O)(NCC(F)(F)F)Nc1cc(C#CCO)ccn1. The first-order valence-corrected chi connectivity index (χ1v) is 6.60. The predicted octanol–water partition coefficient (Wildman–Crippen LogP) is 0.234. The quantitative estimate of drug-likeness (QED) is 0.695. The van der Waals surface area contributed by atoms with Gasteiger partial charge in [-0.25, -0.2) is 4.98 Å². The smallest absolute Gasteiger partial charge is 0.384 e.